The number of ether oxygens (including phenoxy) is 2. The number of nitrogens with zero attached hydrogens (tertiary/aromatic N) is 5. The fraction of sp³-hybridized carbons (Fsp3) is 0.474. The number of aromatic nitrogens is 3. The molecule has 1 aliphatic rings. The summed E-state index contributed by atoms with van der Waals surface area (Å²) in [4.78, 5) is 45.8. The third kappa shape index (κ3) is 4.50. The molecule has 1 unspecified atom stereocenters. The maximum Gasteiger partial charge on any atom is 0.340 e. The predicted octanol–water partition coefficient (Wildman–Crippen LogP) is 1.29. The van der Waals surface area contributed by atoms with Crippen molar-refractivity contribution >= 4 is 5.97 Å². The minimum atomic E-state index is -1.10. The molecule has 164 valence electrons. The number of rotatable bonds is 6. The Morgan fingerprint density at radius 3 is 2.94 bits per heavy atom. The monoisotopic (exact) mass is 430 g/mol. The first-order chi connectivity index (χ1) is 14.7. The number of carbonyl (C=O) groups is 1. The van der Waals surface area contributed by atoms with Gasteiger partial charge in [-0.3, -0.25) is 19.3 Å². The molecule has 0 aromatic carbocycles. The molecule has 2 N–H and O–H groups in total. The molecule has 0 amide bonds. The van der Waals surface area contributed by atoms with Gasteiger partial charge in [-0.2, -0.15) is 0 Å². The van der Waals surface area contributed by atoms with Crippen molar-refractivity contribution in [1.29, 1.82) is 0 Å². The van der Waals surface area contributed by atoms with Crippen molar-refractivity contribution in [3.05, 3.63) is 72.6 Å². The molecule has 1 fully saturated rings. The highest BCUT2D eigenvalue weighted by molar-refractivity contribution is 5.91. The zero-order valence-corrected chi connectivity index (χ0v) is 17.2. The van der Waals surface area contributed by atoms with Crippen LogP contribution in [0.4, 0.5) is 0 Å². The zero-order valence-electron chi connectivity index (χ0n) is 17.2. The van der Waals surface area contributed by atoms with Crippen LogP contribution >= 0.6 is 0 Å². The van der Waals surface area contributed by atoms with E-state index in [0.717, 1.165) is 0 Å². The second-order valence-electron chi connectivity index (χ2n) is 7.62. The fourth-order valence-corrected chi connectivity index (χ4v) is 3.38. The van der Waals surface area contributed by atoms with E-state index < -0.39 is 47.8 Å². The molecule has 0 bridgehead atoms. The van der Waals surface area contributed by atoms with Gasteiger partial charge in [-0.15, -0.1) is 0 Å². The average Bonchev–Trinajstić information content (AvgIpc) is 3.13. The molecule has 3 atom stereocenters. The lowest BCUT2D eigenvalue weighted by molar-refractivity contribution is -0.0522. The summed E-state index contributed by atoms with van der Waals surface area (Å²) in [6, 6.07) is 3.04. The zero-order chi connectivity index (χ0) is 22.8. The van der Waals surface area contributed by atoms with Crippen LogP contribution in [0, 0.1) is 6.92 Å². The van der Waals surface area contributed by atoms with Gasteiger partial charge in [-0.1, -0.05) is 5.11 Å². The quantitative estimate of drug-likeness (QED) is 0.301. The van der Waals surface area contributed by atoms with Gasteiger partial charge in [0.15, 0.2) is 0 Å². The number of H-pyrrole nitrogens is 1. The molecule has 2 aromatic heterocycles. The molecular formula is C19H22N6O6. The lowest BCUT2D eigenvalue weighted by Crippen LogP contribution is -2.33. The van der Waals surface area contributed by atoms with Crippen molar-refractivity contribution in [2.75, 3.05) is 6.61 Å². The van der Waals surface area contributed by atoms with Gasteiger partial charge in [0.1, 0.15) is 18.4 Å². The van der Waals surface area contributed by atoms with Gasteiger partial charge in [-0.25, -0.2) is 9.59 Å². The van der Waals surface area contributed by atoms with Gasteiger partial charge in [0.2, 0.25) is 0 Å². The maximum absolute atomic E-state index is 12.9. The number of pyridine rings is 1. The molecular weight excluding hydrogens is 408 g/mol. The Bertz CT molecular complexity index is 1150. The Kier molecular flexibility index (Phi) is 6.25. The lowest BCUT2D eigenvalue weighted by Gasteiger charge is -2.22. The topological polar surface area (TPSA) is 172 Å². The molecule has 0 spiro atoms. The van der Waals surface area contributed by atoms with Crippen molar-refractivity contribution < 1.29 is 19.4 Å². The van der Waals surface area contributed by atoms with Crippen molar-refractivity contribution in [2.24, 2.45) is 5.11 Å². The van der Waals surface area contributed by atoms with Crippen molar-refractivity contribution in [3.8, 4) is 0 Å². The summed E-state index contributed by atoms with van der Waals surface area (Å²) in [7, 11) is 0. The number of aliphatic hydroxyl groups is 1. The van der Waals surface area contributed by atoms with Crippen molar-refractivity contribution in [3.63, 3.8) is 0 Å². The predicted molar refractivity (Wildman–Crippen MR) is 107 cm³/mol. The summed E-state index contributed by atoms with van der Waals surface area (Å²) in [6.45, 7) is 4.32. The minimum absolute atomic E-state index is 0.0810. The average molecular weight is 430 g/mol. The van der Waals surface area contributed by atoms with Crippen LogP contribution in [0.15, 0.2) is 39.2 Å². The molecule has 0 saturated carbocycles. The van der Waals surface area contributed by atoms with Gasteiger partial charge < -0.3 is 14.6 Å². The van der Waals surface area contributed by atoms with E-state index in [1.54, 1.807) is 26.8 Å². The highest BCUT2D eigenvalue weighted by Crippen LogP contribution is 2.32. The van der Waals surface area contributed by atoms with Crippen molar-refractivity contribution in [2.45, 2.75) is 51.2 Å². The minimum Gasteiger partial charge on any atom is -0.456 e. The number of carbonyl (C=O) groups excluding carboxylic acids is 1. The second kappa shape index (κ2) is 8.72. The third-order valence-electron chi connectivity index (χ3n) is 4.98. The Morgan fingerprint density at radius 2 is 2.26 bits per heavy atom. The van der Waals surface area contributed by atoms with Crippen LogP contribution in [0.1, 0.15) is 48.1 Å². The van der Waals surface area contributed by atoms with Crippen LogP contribution in [-0.2, 0) is 15.0 Å². The molecule has 1 saturated heterocycles. The molecule has 1 aliphatic heterocycles. The van der Waals surface area contributed by atoms with Crippen LogP contribution in [0.3, 0.4) is 0 Å². The number of azide groups is 1. The first-order valence-corrected chi connectivity index (χ1v) is 9.49. The van der Waals surface area contributed by atoms with E-state index in [-0.39, 0.29) is 17.7 Å². The Hall–Kier alpha value is -3.47. The summed E-state index contributed by atoms with van der Waals surface area (Å²) in [5.74, 6) is -0.734. The van der Waals surface area contributed by atoms with Crippen LogP contribution in [0.2, 0.25) is 0 Å². The summed E-state index contributed by atoms with van der Waals surface area (Å²) >= 11 is 0. The lowest BCUT2D eigenvalue weighted by atomic mass is 9.96. The van der Waals surface area contributed by atoms with E-state index in [4.69, 9.17) is 15.0 Å². The smallest absolute Gasteiger partial charge is 0.340 e. The molecule has 3 heterocycles. The van der Waals surface area contributed by atoms with Crippen LogP contribution in [0.25, 0.3) is 10.4 Å². The standard InChI is InChI=1S/C19H22N6O6/c1-10-8-25(18(29)22-16(10)27)14-7-12(13(9-26)30-14)31-17(28)11-5-4-6-21-15(11)19(2,3)23-24-20/h4-6,8,12-14,26H,7,9H2,1-3H3,(H,22,27,29)/t12?,13-,14-/m1/s1. The molecule has 0 aliphatic carbocycles. The normalized spacial score (nSPS) is 20.8. The number of aryl methyl sites for hydroxylation is 1. The summed E-state index contributed by atoms with van der Waals surface area (Å²) < 4.78 is 12.5. The summed E-state index contributed by atoms with van der Waals surface area (Å²) in [5, 5.41) is 13.4. The van der Waals surface area contributed by atoms with E-state index in [9.17, 15) is 19.5 Å². The number of nitrogens with one attached hydrogen (secondary N) is 1. The highest BCUT2D eigenvalue weighted by Gasteiger charge is 2.40. The van der Waals surface area contributed by atoms with Gasteiger partial charge in [-0.05, 0) is 38.4 Å². The fourth-order valence-electron chi connectivity index (χ4n) is 3.38. The molecule has 12 nitrogen and oxygen atoms in total. The third-order valence-corrected chi connectivity index (χ3v) is 4.98. The highest BCUT2D eigenvalue weighted by atomic mass is 16.6. The maximum atomic E-state index is 12.9. The van der Waals surface area contributed by atoms with Crippen LogP contribution < -0.4 is 11.2 Å². The van der Waals surface area contributed by atoms with Gasteiger partial charge >= 0.3 is 11.7 Å². The first-order valence-electron chi connectivity index (χ1n) is 9.49. The number of hydrogen-bond acceptors (Lipinski definition) is 8. The number of hydrogen-bond donors (Lipinski definition) is 2. The summed E-state index contributed by atoms with van der Waals surface area (Å²) in [5.41, 5.74) is 7.18. The number of esters is 1. The molecule has 3 rings (SSSR count). The van der Waals surface area contributed by atoms with E-state index in [2.05, 4.69) is 20.0 Å². The largest absolute Gasteiger partial charge is 0.456 e. The van der Waals surface area contributed by atoms with Crippen LogP contribution in [-0.4, -0.2) is 44.4 Å². The van der Waals surface area contributed by atoms with E-state index in [0.29, 0.717) is 5.56 Å². The second-order valence-corrected chi connectivity index (χ2v) is 7.62. The first kappa shape index (κ1) is 22.2. The van der Waals surface area contributed by atoms with E-state index in [1.807, 2.05) is 0 Å². The number of aliphatic hydroxyl groups excluding tert-OH is 1. The van der Waals surface area contributed by atoms with Gasteiger partial charge in [0.25, 0.3) is 5.56 Å². The SMILES string of the molecule is Cc1cn([C@H]2CC(OC(=O)c3cccnc3C(C)(C)N=[N+]=[N-])[C@@H](CO)O2)c(=O)[nH]c1=O. The van der Waals surface area contributed by atoms with Crippen LogP contribution in [0.5, 0.6) is 0 Å². The summed E-state index contributed by atoms with van der Waals surface area (Å²) in [6.07, 6.45) is 0.322. The van der Waals surface area contributed by atoms with E-state index in [1.165, 1.54) is 23.0 Å². The number of aromatic amines is 1. The Morgan fingerprint density at radius 1 is 1.52 bits per heavy atom. The Labute approximate surface area is 176 Å². The Balaban J connectivity index is 1.86. The molecule has 0 radical (unpaired) electrons. The molecule has 31 heavy (non-hydrogen) atoms. The molecule has 2 aromatic rings. The molecule has 12 heteroatoms. The van der Waals surface area contributed by atoms with Gasteiger partial charge in [0, 0.05) is 29.3 Å². The van der Waals surface area contributed by atoms with Crippen molar-refractivity contribution in [1.82, 2.24) is 14.5 Å². The van der Waals surface area contributed by atoms with E-state index >= 15 is 0 Å². The van der Waals surface area contributed by atoms with Gasteiger partial charge in [0.05, 0.1) is 23.4 Å².